The number of carbonyl (C=O) groups excluding carboxylic acids is 1. The van der Waals surface area contributed by atoms with Crippen molar-refractivity contribution in [1.29, 1.82) is 0 Å². The SMILES string of the molecule is CCOCc1nc(NC)cc(NCCC(=O)OC)n1. The fourth-order valence-corrected chi connectivity index (χ4v) is 1.37. The van der Waals surface area contributed by atoms with Crippen LogP contribution in [0.1, 0.15) is 19.2 Å². The van der Waals surface area contributed by atoms with Crippen LogP contribution in [-0.2, 0) is 20.9 Å². The first-order valence-corrected chi connectivity index (χ1v) is 6.13. The Balaban J connectivity index is 2.62. The Kier molecular flexibility index (Phi) is 6.59. The van der Waals surface area contributed by atoms with Gasteiger partial charge < -0.3 is 20.1 Å². The molecule has 0 saturated carbocycles. The summed E-state index contributed by atoms with van der Waals surface area (Å²) in [4.78, 5) is 19.6. The van der Waals surface area contributed by atoms with Crippen molar-refractivity contribution in [3.05, 3.63) is 11.9 Å². The van der Waals surface area contributed by atoms with Crippen LogP contribution in [0.5, 0.6) is 0 Å². The van der Waals surface area contributed by atoms with Crippen molar-refractivity contribution in [3.63, 3.8) is 0 Å². The molecule has 1 heterocycles. The molecule has 1 aromatic rings. The summed E-state index contributed by atoms with van der Waals surface area (Å²) in [5, 5.41) is 6.01. The third-order valence-electron chi connectivity index (χ3n) is 2.33. The molecule has 0 radical (unpaired) electrons. The molecule has 2 N–H and O–H groups in total. The average Bonchev–Trinajstić information content (AvgIpc) is 2.44. The summed E-state index contributed by atoms with van der Waals surface area (Å²) < 4.78 is 9.85. The maximum atomic E-state index is 11.0. The zero-order chi connectivity index (χ0) is 14.1. The summed E-state index contributed by atoms with van der Waals surface area (Å²) in [6.07, 6.45) is 0.288. The van der Waals surface area contributed by atoms with Gasteiger partial charge in [0.2, 0.25) is 0 Å². The number of hydrogen-bond donors (Lipinski definition) is 2. The highest BCUT2D eigenvalue weighted by molar-refractivity contribution is 5.69. The Morgan fingerprint density at radius 3 is 2.74 bits per heavy atom. The van der Waals surface area contributed by atoms with Crippen molar-refractivity contribution < 1.29 is 14.3 Å². The lowest BCUT2D eigenvalue weighted by Gasteiger charge is -2.09. The van der Waals surface area contributed by atoms with Crippen molar-refractivity contribution in [3.8, 4) is 0 Å². The minimum Gasteiger partial charge on any atom is -0.469 e. The molecule has 1 aromatic heterocycles. The van der Waals surface area contributed by atoms with Gasteiger partial charge >= 0.3 is 5.97 Å². The summed E-state index contributed by atoms with van der Waals surface area (Å²) in [6.45, 7) is 3.34. The molecule has 0 aliphatic heterocycles. The molecular weight excluding hydrogens is 248 g/mol. The number of hydrogen-bond acceptors (Lipinski definition) is 7. The number of anilines is 2. The summed E-state index contributed by atoms with van der Waals surface area (Å²) in [5.74, 6) is 1.68. The normalized spacial score (nSPS) is 10.1. The van der Waals surface area contributed by atoms with Gasteiger partial charge in [-0.2, -0.15) is 0 Å². The Labute approximate surface area is 112 Å². The van der Waals surface area contributed by atoms with E-state index in [4.69, 9.17) is 4.74 Å². The number of nitrogens with zero attached hydrogens (tertiary/aromatic N) is 2. The molecule has 19 heavy (non-hydrogen) atoms. The fourth-order valence-electron chi connectivity index (χ4n) is 1.37. The van der Waals surface area contributed by atoms with E-state index in [9.17, 15) is 4.79 Å². The van der Waals surface area contributed by atoms with Crippen LogP contribution in [0, 0.1) is 0 Å². The summed E-state index contributed by atoms with van der Waals surface area (Å²) >= 11 is 0. The Morgan fingerprint density at radius 1 is 1.37 bits per heavy atom. The van der Waals surface area contributed by atoms with Crippen LogP contribution in [-0.4, -0.2) is 43.2 Å². The second-order valence-electron chi connectivity index (χ2n) is 3.69. The van der Waals surface area contributed by atoms with Crippen LogP contribution in [0.25, 0.3) is 0 Å². The summed E-state index contributed by atoms with van der Waals surface area (Å²) in [7, 11) is 3.15. The van der Waals surface area contributed by atoms with Gasteiger partial charge in [-0.15, -0.1) is 0 Å². The van der Waals surface area contributed by atoms with Gasteiger partial charge in [0.15, 0.2) is 5.82 Å². The third-order valence-corrected chi connectivity index (χ3v) is 2.33. The monoisotopic (exact) mass is 268 g/mol. The van der Waals surface area contributed by atoms with Crippen LogP contribution in [0.2, 0.25) is 0 Å². The van der Waals surface area contributed by atoms with Gasteiger partial charge in [0.05, 0.1) is 13.5 Å². The number of methoxy groups -OCH3 is 1. The van der Waals surface area contributed by atoms with E-state index in [-0.39, 0.29) is 12.4 Å². The second kappa shape index (κ2) is 8.25. The van der Waals surface area contributed by atoms with Crippen LogP contribution in [0.3, 0.4) is 0 Å². The van der Waals surface area contributed by atoms with Gasteiger partial charge in [-0.1, -0.05) is 0 Å². The van der Waals surface area contributed by atoms with Crippen LogP contribution < -0.4 is 10.6 Å². The van der Waals surface area contributed by atoms with Crippen molar-refractivity contribution in [2.45, 2.75) is 20.0 Å². The maximum Gasteiger partial charge on any atom is 0.307 e. The quantitative estimate of drug-likeness (QED) is 0.681. The lowest BCUT2D eigenvalue weighted by Crippen LogP contribution is -2.12. The van der Waals surface area contributed by atoms with Crippen LogP contribution in [0.15, 0.2) is 6.07 Å². The van der Waals surface area contributed by atoms with E-state index < -0.39 is 0 Å². The molecule has 0 amide bonds. The molecule has 1 rings (SSSR count). The minimum absolute atomic E-state index is 0.259. The molecule has 0 saturated heterocycles. The number of ether oxygens (including phenoxy) is 2. The van der Waals surface area contributed by atoms with Crippen molar-refractivity contribution in [1.82, 2.24) is 9.97 Å². The van der Waals surface area contributed by atoms with E-state index in [2.05, 4.69) is 25.3 Å². The highest BCUT2D eigenvalue weighted by Crippen LogP contribution is 2.11. The van der Waals surface area contributed by atoms with Crippen molar-refractivity contribution in [2.24, 2.45) is 0 Å². The highest BCUT2D eigenvalue weighted by Gasteiger charge is 2.05. The summed E-state index contributed by atoms with van der Waals surface area (Å²) in [6, 6.07) is 1.77. The zero-order valence-electron chi connectivity index (χ0n) is 11.5. The molecule has 106 valence electrons. The van der Waals surface area contributed by atoms with E-state index in [1.807, 2.05) is 6.92 Å². The van der Waals surface area contributed by atoms with Gasteiger partial charge in [0.25, 0.3) is 0 Å². The molecule has 0 aliphatic carbocycles. The number of rotatable bonds is 8. The Morgan fingerprint density at radius 2 is 2.11 bits per heavy atom. The Hall–Kier alpha value is -1.89. The molecule has 0 spiro atoms. The molecule has 0 bridgehead atoms. The lowest BCUT2D eigenvalue weighted by molar-refractivity contribution is -0.140. The van der Waals surface area contributed by atoms with Gasteiger partial charge in [-0.25, -0.2) is 9.97 Å². The first kappa shape index (κ1) is 15.2. The smallest absolute Gasteiger partial charge is 0.307 e. The zero-order valence-corrected chi connectivity index (χ0v) is 11.5. The van der Waals surface area contributed by atoms with Gasteiger partial charge in [0.1, 0.15) is 18.2 Å². The van der Waals surface area contributed by atoms with E-state index in [0.29, 0.717) is 37.2 Å². The molecule has 7 heteroatoms. The molecular formula is C12H20N4O3. The predicted octanol–water partition coefficient (Wildman–Crippen LogP) is 1.03. The van der Waals surface area contributed by atoms with E-state index in [1.54, 1.807) is 13.1 Å². The molecule has 0 aliphatic rings. The van der Waals surface area contributed by atoms with Gasteiger partial charge in [-0.05, 0) is 6.92 Å². The largest absolute Gasteiger partial charge is 0.469 e. The maximum absolute atomic E-state index is 11.0. The highest BCUT2D eigenvalue weighted by atomic mass is 16.5. The molecule has 0 fully saturated rings. The second-order valence-corrected chi connectivity index (χ2v) is 3.69. The van der Waals surface area contributed by atoms with Crippen molar-refractivity contribution in [2.75, 3.05) is 37.9 Å². The van der Waals surface area contributed by atoms with Crippen LogP contribution >= 0.6 is 0 Å². The minimum atomic E-state index is -0.259. The van der Waals surface area contributed by atoms with Gasteiger partial charge in [-0.3, -0.25) is 4.79 Å². The topological polar surface area (TPSA) is 85.4 Å². The Bertz CT molecular complexity index is 412. The number of carbonyl (C=O) groups is 1. The van der Waals surface area contributed by atoms with Crippen LogP contribution in [0.4, 0.5) is 11.6 Å². The molecule has 0 atom stereocenters. The predicted molar refractivity (Wildman–Crippen MR) is 72.0 cm³/mol. The number of esters is 1. The number of aromatic nitrogens is 2. The van der Waals surface area contributed by atoms with E-state index >= 15 is 0 Å². The fraction of sp³-hybridized carbons (Fsp3) is 0.583. The summed E-state index contributed by atoms with van der Waals surface area (Å²) in [5.41, 5.74) is 0. The number of nitrogens with one attached hydrogen (secondary N) is 2. The van der Waals surface area contributed by atoms with Gasteiger partial charge in [0, 0.05) is 26.3 Å². The first-order valence-electron chi connectivity index (χ1n) is 6.13. The molecule has 0 unspecified atom stereocenters. The van der Waals surface area contributed by atoms with Crippen molar-refractivity contribution >= 4 is 17.6 Å². The average molecular weight is 268 g/mol. The molecule has 0 aromatic carbocycles. The van der Waals surface area contributed by atoms with E-state index in [0.717, 1.165) is 0 Å². The molecule has 7 nitrogen and oxygen atoms in total. The lowest BCUT2D eigenvalue weighted by atomic mass is 10.4. The first-order chi connectivity index (χ1) is 9.19. The third kappa shape index (κ3) is 5.52. The standard InChI is InChI=1S/C12H20N4O3/c1-4-19-8-11-15-9(13-2)7-10(16-11)14-6-5-12(17)18-3/h7H,4-6,8H2,1-3H3,(H2,13,14,15,16). The van der Waals surface area contributed by atoms with E-state index in [1.165, 1.54) is 7.11 Å².